The third-order valence-electron chi connectivity index (χ3n) is 4.11. The number of aromatic nitrogens is 3. The van der Waals surface area contributed by atoms with E-state index in [1.807, 2.05) is 49.4 Å². The highest BCUT2D eigenvalue weighted by atomic mass is 32.2. The van der Waals surface area contributed by atoms with Gasteiger partial charge in [0.1, 0.15) is 0 Å². The summed E-state index contributed by atoms with van der Waals surface area (Å²) in [6.07, 6.45) is 4.12. The van der Waals surface area contributed by atoms with Crippen molar-refractivity contribution in [3.8, 4) is 0 Å². The summed E-state index contributed by atoms with van der Waals surface area (Å²) < 4.78 is 1.20. The molecule has 0 aliphatic rings. The van der Waals surface area contributed by atoms with Gasteiger partial charge in [0.05, 0.1) is 20.5 Å². The SMILES string of the molecule is C[C@@H](Sc1ncccn1)C(=O)Nc1ccc(Cc2nc3ccccc3s2)cc1. The maximum Gasteiger partial charge on any atom is 0.237 e. The number of nitrogens with zero attached hydrogens (tertiary/aromatic N) is 3. The van der Waals surface area contributed by atoms with Crippen LogP contribution in [0, 0.1) is 0 Å². The van der Waals surface area contributed by atoms with Gasteiger partial charge in [0.25, 0.3) is 0 Å². The molecule has 1 N–H and O–H groups in total. The number of fused-ring (bicyclic) bond motifs is 1. The van der Waals surface area contributed by atoms with Gasteiger partial charge < -0.3 is 5.32 Å². The fourth-order valence-electron chi connectivity index (χ4n) is 2.68. The maximum atomic E-state index is 12.4. The fraction of sp³-hybridized carbons (Fsp3) is 0.143. The monoisotopic (exact) mass is 406 g/mol. The lowest BCUT2D eigenvalue weighted by Gasteiger charge is -2.11. The molecule has 0 aliphatic heterocycles. The zero-order valence-corrected chi connectivity index (χ0v) is 16.8. The number of nitrogens with one attached hydrogen (secondary N) is 1. The highest BCUT2D eigenvalue weighted by Crippen LogP contribution is 2.24. The fourth-order valence-corrected chi connectivity index (χ4v) is 4.41. The maximum absolute atomic E-state index is 12.4. The summed E-state index contributed by atoms with van der Waals surface area (Å²) in [5.74, 6) is -0.0728. The number of thiazole rings is 1. The Bertz CT molecular complexity index is 1050. The third-order valence-corrected chi connectivity index (χ3v) is 6.13. The molecule has 0 aliphatic carbocycles. The van der Waals surface area contributed by atoms with E-state index in [-0.39, 0.29) is 11.2 Å². The van der Waals surface area contributed by atoms with Gasteiger partial charge in [0.15, 0.2) is 5.16 Å². The first-order valence-electron chi connectivity index (χ1n) is 8.85. The van der Waals surface area contributed by atoms with Crippen molar-refractivity contribution >= 4 is 44.9 Å². The minimum absolute atomic E-state index is 0.0728. The highest BCUT2D eigenvalue weighted by Gasteiger charge is 2.16. The summed E-state index contributed by atoms with van der Waals surface area (Å²) in [5, 5.41) is 4.34. The van der Waals surface area contributed by atoms with E-state index in [0.29, 0.717) is 5.16 Å². The van der Waals surface area contributed by atoms with Crippen LogP contribution in [0.25, 0.3) is 10.2 Å². The van der Waals surface area contributed by atoms with E-state index in [0.717, 1.165) is 28.2 Å². The Balaban J connectivity index is 1.36. The predicted molar refractivity (Wildman–Crippen MR) is 115 cm³/mol. The molecule has 1 amide bonds. The van der Waals surface area contributed by atoms with Crippen molar-refractivity contribution in [1.29, 1.82) is 0 Å². The van der Waals surface area contributed by atoms with E-state index in [1.165, 1.54) is 16.5 Å². The number of anilines is 1. The Morgan fingerprint density at radius 2 is 1.82 bits per heavy atom. The van der Waals surface area contributed by atoms with Crippen LogP contribution in [0.2, 0.25) is 0 Å². The second-order valence-electron chi connectivity index (χ2n) is 6.23. The molecule has 0 spiro atoms. The Morgan fingerprint density at radius 3 is 2.57 bits per heavy atom. The minimum Gasteiger partial charge on any atom is -0.325 e. The van der Waals surface area contributed by atoms with E-state index < -0.39 is 0 Å². The van der Waals surface area contributed by atoms with Gasteiger partial charge in [0.2, 0.25) is 5.91 Å². The molecule has 4 rings (SSSR count). The normalized spacial score (nSPS) is 12.0. The van der Waals surface area contributed by atoms with E-state index in [2.05, 4.69) is 26.3 Å². The second-order valence-corrected chi connectivity index (χ2v) is 8.65. The molecular formula is C21H18N4OS2. The van der Waals surface area contributed by atoms with Crippen LogP contribution < -0.4 is 5.32 Å². The number of benzene rings is 2. The van der Waals surface area contributed by atoms with Crippen molar-refractivity contribution in [3.63, 3.8) is 0 Å². The van der Waals surface area contributed by atoms with Gasteiger partial charge in [-0.15, -0.1) is 11.3 Å². The molecule has 0 radical (unpaired) electrons. The minimum atomic E-state index is -0.287. The van der Waals surface area contributed by atoms with Gasteiger partial charge in [-0.05, 0) is 42.8 Å². The lowest BCUT2D eigenvalue weighted by molar-refractivity contribution is -0.115. The molecule has 0 bridgehead atoms. The van der Waals surface area contributed by atoms with Gasteiger partial charge in [-0.2, -0.15) is 0 Å². The van der Waals surface area contributed by atoms with Crippen LogP contribution in [0.5, 0.6) is 0 Å². The Morgan fingerprint density at radius 1 is 1.07 bits per heavy atom. The summed E-state index contributed by atoms with van der Waals surface area (Å²) in [6, 6.07) is 17.8. The Labute approximate surface area is 171 Å². The van der Waals surface area contributed by atoms with Gasteiger partial charge in [-0.25, -0.2) is 15.0 Å². The predicted octanol–water partition coefficient (Wildman–Crippen LogP) is 4.80. The van der Waals surface area contributed by atoms with Crippen LogP contribution in [-0.4, -0.2) is 26.1 Å². The van der Waals surface area contributed by atoms with Crippen LogP contribution in [0.3, 0.4) is 0 Å². The van der Waals surface area contributed by atoms with Gasteiger partial charge in [0, 0.05) is 24.5 Å². The van der Waals surface area contributed by atoms with E-state index in [4.69, 9.17) is 0 Å². The number of carbonyl (C=O) groups is 1. The zero-order chi connectivity index (χ0) is 19.3. The van der Waals surface area contributed by atoms with Crippen LogP contribution in [-0.2, 0) is 11.2 Å². The third kappa shape index (κ3) is 4.55. The van der Waals surface area contributed by atoms with Crippen molar-refractivity contribution in [2.75, 3.05) is 5.32 Å². The number of carbonyl (C=O) groups excluding carboxylic acids is 1. The molecule has 7 heteroatoms. The average molecular weight is 407 g/mol. The van der Waals surface area contributed by atoms with E-state index in [1.54, 1.807) is 29.8 Å². The van der Waals surface area contributed by atoms with Crippen molar-refractivity contribution in [2.24, 2.45) is 0 Å². The number of amides is 1. The topological polar surface area (TPSA) is 67.8 Å². The van der Waals surface area contributed by atoms with E-state index >= 15 is 0 Å². The molecule has 2 aromatic heterocycles. The van der Waals surface area contributed by atoms with Gasteiger partial charge in [-0.1, -0.05) is 36.0 Å². The first-order chi connectivity index (χ1) is 13.7. The molecule has 0 saturated heterocycles. The Kier molecular flexibility index (Phi) is 5.64. The molecule has 0 unspecified atom stereocenters. The van der Waals surface area contributed by atoms with Crippen LogP contribution in [0.1, 0.15) is 17.5 Å². The van der Waals surface area contributed by atoms with Crippen molar-refractivity contribution in [2.45, 2.75) is 23.8 Å². The molecule has 5 nitrogen and oxygen atoms in total. The molecule has 0 fully saturated rings. The van der Waals surface area contributed by atoms with Crippen LogP contribution >= 0.6 is 23.1 Å². The average Bonchev–Trinajstić information content (AvgIpc) is 3.12. The summed E-state index contributed by atoms with van der Waals surface area (Å²) in [6.45, 7) is 1.85. The largest absolute Gasteiger partial charge is 0.325 e. The summed E-state index contributed by atoms with van der Waals surface area (Å²) >= 11 is 3.05. The molecule has 2 heterocycles. The van der Waals surface area contributed by atoms with Crippen molar-refractivity contribution < 1.29 is 4.79 Å². The summed E-state index contributed by atoms with van der Waals surface area (Å²) in [5.41, 5.74) is 2.98. The first kappa shape index (κ1) is 18.6. The highest BCUT2D eigenvalue weighted by molar-refractivity contribution is 8.00. The van der Waals surface area contributed by atoms with Crippen LogP contribution in [0.15, 0.2) is 72.1 Å². The number of para-hydroxylation sites is 1. The van der Waals surface area contributed by atoms with Crippen molar-refractivity contribution in [1.82, 2.24) is 15.0 Å². The van der Waals surface area contributed by atoms with Gasteiger partial charge in [-0.3, -0.25) is 4.79 Å². The first-order valence-corrected chi connectivity index (χ1v) is 10.5. The summed E-state index contributed by atoms with van der Waals surface area (Å²) in [4.78, 5) is 25.4. The number of hydrogen-bond donors (Lipinski definition) is 1. The van der Waals surface area contributed by atoms with Crippen LogP contribution in [0.4, 0.5) is 5.69 Å². The summed E-state index contributed by atoms with van der Waals surface area (Å²) in [7, 11) is 0. The van der Waals surface area contributed by atoms with Gasteiger partial charge >= 0.3 is 0 Å². The molecule has 2 aromatic carbocycles. The number of rotatable bonds is 6. The molecule has 1 atom stereocenters. The quantitative estimate of drug-likeness (QED) is 0.368. The number of thioether (sulfide) groups is 1. The molecule has 0 saturated carbocycles. The molecular weight excluding hydrogens is 388 g/mol. The zero-order valence-electron chi connectivity index (χ0n) is 15.2. The molecule has 4 aromatic rings. The molecule has 140 valence electrons. The van der Waals surface area contributed by atoms with E-state index in [9.17, 15) is 4.79 Å². The lowest BCUT2D eigenvalue weighted by Crippen LogP contribution is -2.22. The smallest absolute Gasteiger partial charge is 0.237 e. The molecule has 28 heavy (non-hydrogen) atoms. The van der Waals surface area contributed by atoms with Crippen molar-refractivity contribution in [3.05, 3.63) is 77.6 Å². The second kappa shape index (κ2) is 8.50. The Hall–Kier alpha value is -2.77. The number of hydrogen-bond acceptors (Lipinski definition) is 6. The standard InChI is InChI=1S/C21H18N4OS2/c1-14(27-21-22-11-4-12-23-21)20(26)24-16-9-7-15(8-10-16)13-19-25-17-5-2-3-6-18(17)28-19/h2-12,14H,13H2,1H3,(H,24,26)/t14-/m1/s1. The lowest BCUT2D eigenvalue weighted by atomic mass is 10.1.